The normalized spacial score (nSPS) is 10.6. The van der Waals surface area contributed by atoms with E-state index in [2.05, 4.69) is 31.8 Å². The van der Waals surface area contributed by atoms with Crippen LogP contribution in [0.5, 0.6) is 0 Å². The zero-order chi connectivity index (χ0) is 17.4. The summed E-state index contributed by atoms with van der Waals surface area (Å²) in [6.07, 6.45) is 4.80. The molecule has 0 bridgehead atoms. The largest absolute Gasteiger partial charge is 0.465 e. The van der Waals surface area contributed by atoms with Gasteiger partial charge in [0.15, 0.2) is 0 Å². The number of aromatic amines is 1. The molecular weight excluding hydrogens is 286 g/mol. The van der Waals surface area contributed by atoms with Crippen molar-refractivity contribution in [3.05, 3.63) is 35.0 Å². The summed E-state index contributed by atoms with van der Waals surface area (Å²) in [5.41, 5.74) is 4.27. The molecule has 0 unspecified atom stereocenters. The quantitative estimate of drug-likeness (QED) is 0.667. The molecule has 1 aromatic carbocycles. The Balaban J connectivity index is 0.00000127. The zero-order valence-corrected chi connectivity index (χ0v) is 15.5. The van der Waals surface area contributed by atoms with E-state index in [1.807, 2.05) is 26.0 Å². The van der Waals surface area contributed by atoms with E-state index in [9.17, 15) is 4.79 Å². The van der Waals surface area contributed by atoms with Crippen LogP contribution < -0.4 is 0 Å². The Morgan fingerprint density at radius 1 is 1.17 bits per heavy atom. The fraction of sp³-hybridized carbons (Fsp3) is 0.550. The topological polar surface area (TPSA) is 42.1 Å². The fourth-order valence-electron chi connectivity index (χ4n) is 3.25. The molecule has 0 atom stereocenters. The number of carbonyl (C=O) groups excluding carboxylic acids is 1. The average Bonchev–Trinajstić information content (AvgIpc) is 2.90. The number of hydrogen-bond acceptors (Lipinski definition) is 2. The first-order valence-corrected chi connectivity index (χ1v) is 8.82. The number of hydrogen-bond donors (Lipinski definition) is 1. The van der Waals surface area contributed by atoms with Crippen LogP contribution in [0.3, 0.4) is 0 Å². The Hall–Kier alpha value is -1.77. The van der Waals surface area contributed by atoms with Crippen molar-refractivity contribution in [2.45, 2.75) is 66.2 Å². The average molecular weight is 317 g/mol. The van der Waals surface area contributed by atoms with E-state index in [-0.39, 0.29) is 5.97 Å². The van der Waals surface area contributed by atoms with Crippen LogP contribution in [0.15, 0.2) is 18.2 Å². The number of rotatable bonds is 6. The van der Waals surface area contributed by atoms with Gasteiger partial charge >= 0.3 is 5.97 Å². The van der Waals surface area contributed by atoms with Gasteiger partial charge in [-0.05, 0) is 43.4 Å². The maximum atomic E-state index is 11.7. The maximum Gasteiger partial charge on any atom is 0.337 e. The van der Waals surface area contributed by atoms with Crippen LogP contribution in [0.2, 0.25) is 0 Å². The number of aromatic nitrogens is 1. The Labute approximate surface area is 140 Å². The minimum atomic E-state index is -0.288. The maximum absolute atomic E-state index is 11.7. The Kier molecular flexibility index (Phi) is 7.87. The molecule has 0 aliphatic heterocycles. The van der Waals surface area contributed by atoms with Crippen LogP contribution in [0.1, 0.15) is 80.9 Å². The predicted molar refractivity (Wildman–Crippen MR) is 98.3 cm³/mol. The van der Waals surface area contributed by atoms with Gasteiger partial charge in [0.1, 0.15) is 0 Å². The molecule has 0 fully saturated rings. The van der Waals surface area contributed by atoms with Gasteiger partial charge in [-0.3, -0.25) is 0 Å². The molecule has 0 aliphatic rings. The zero-order valence-electron chi connectivity index (χ0n) is 15.5. The second-order valence-electron chi connectivity index (χ2n) is 5.69. The third kappa shape index (κ3) is 4.37. The lowest BCUT2D eigenvalue weighted by molar-refractivity contribution is 0.0601. The summed E-state index contributed by atoms with van der Waals surface area (Å²) in [6, 6.07) is 5.81. The third-order valence-electron chi connectivity index (χ3n) is 4.14. The summed E-state index contributed by atoms with van der Waals surface area (Å²) in [7, 11) is 1.41. The van der Waals surface area contributed by atoms with E-state index in [1.165, 1.54) is 49.4 Å². The second-order valence-corrected chi connectivity index (χ2v) is 5.69. The standard InChI is InChI=1S/C18H25NO2.C2H6/c1-5-7-13(8-6-2)17-12(3)19-16-11-14(18(20)21-4)9-10-15(16)17;1-2/h9-11,13,19H,5-8H2,1-4H3;1-2H3. The first-order valence-electron chi connectivity index (χ1n) is 8.82. The van der Waals surface area contributed by atoms with Gasteiger partial charge in [0.2, 0.25) is 0 Å². The Bertz CT molecular complexity index is 622. The number of aryl methyl sites for hydroxylation is 1. The molecule has 1 heterocycles. The molecule has 2 rings (SSSR count). The number of carbonyl (C=O) groups is 1. The van der Waals surface area contributed by atoms with Crippen LogP contribution in [-0.4, -0.2) is 18.1 Å². The first kappa shape index (κ1) is 19.3. The van der Waals surface area contributed by atoms with Crippen LogP contribution in [0, 0.1) is 6.92 Å². The Morgan fingerprint density at radius 3 is 2.30 bits per heavy atom. The van der Waals surface area contributed by atoms with E-state index in [1.54, 1.807) is 0 Å². The molecule has 1 aromatic heterocycles. The van der Waals surface area contributed by atoms with E-state index < -0.39 is 0 Å². The molecule has 3 nitrogen and oxygen atoms in total. The third-order valence-corrected chi connectivity index (χ3v) is 4.14. The second kappa shape index (κ2) is 9.39. The SMILES string of the molecule is CC.CCCC(CCC)c1c(C)[nH]c2cc(C(=O)OC)ccc12. The summed E-state index contributed by atoms with van der Waals surface area (Å²) in [5.74, 6) is 0.307. The van der Waals surface area contributed by atoms with Gasteiger partial charge in [0.05, 0.1) is 12.7 Å². The number of benzene rings is 1. The first-order chi connectivity index (χ1) is 11.1. The number of ether oxygens (including phenoxy) is 1. The van der Waals surface area contributed by atoms with Gasteiger partial charge in [0, 0.05) is 16.6 Å². The highest BCUT2D eigenvalue weighted by atomic mass is 16.5. The highest BCUT2D eigenvalue weighted by molar-refractivity contribution is 5.95. The molecule has 1 N–H and O–H groups in total. The van der Waals surface area contributed by atoms with Crippen molar-refractivity contribution < 1.29 is 9.53 Å². The molecule has 3 heteroatoms. The molecule has 0 saturated carbocycles. The van der Waals surface area contributed by atoms with E-state index >= 15 is 0 Å². The summed E-state index contributed by atoms with van der Waals surface area (Å²) in [5, 5.41) is 1.24. The van der Waals surface area contributed by atoms with Crippen molar-refractivity contribution in [3.8, 4) is 0 Å². The van der Waals surface area contributed by atoms with E-state index in [0.29, 0.717) is 11.5 Å². The predicted octanol–water partition coefficient (Wildman–Crippen LogP) is 5.97. The van der Waals surface area contributed by atoms with Crippen molar-refractivity contribution in [3.63, 3.8) is 0 Å². The number of nitrogens with one attached hydrogen (secondary N) is 1. The number of fused-ring (bicyclic) bond motifs is 1. The van der Waals surface area contributed by atoms with Crippen LogP contribution >= 0.6 is 0 Å². The van der Waals surface area contributed by atoms with Crippen LogP contribution in [0.4, 0.5) is 0 Å². The number of H-pyrrole nitrogens is 1. The van der Waals surface area contributed by atoms with Crippen molar-refractivity contribution in [1.82, 2.24) is 4.98 Å². The van der Waals surface area contributed by atoms with Crippen molar-refractivity contribution in [1.29, 1.82) is 0 Å². The lowest BCUT2D eigenvalue weighted by atomic mass is 9.88. The highest BCUT2D eigenvalue weighted by Gasteiger charge is 2.18. The van der Waals surface area contributed by atoms with Crippen molar-refractivity contribution in [2.24, 2.45) is 0 Å². The lowest BCUT2D eigenvalue weighted by Crippen LogP contribution is -2.01. The summed E-state index contributed by atoms with van der Waals surface area (Å²) in [4.78, 5) is 15.1. The smallest absolute Gasteiger partial charge is 0.337 e. The molecule has 0 aliphatic carbocycles. The molecule has 0 radical (unpaired) electrons. The molecular formula is C20H31NO2. The van der Waals surface area contributed by atoms with Crippen LogP contribution in [0.25, 0.3) is 10.9 Å². The van der Waals surface area contributed by atoms with Gasteiger partial charge < -0.3 is 9.72 Å². The summed E-state index contributed by atoms with van der Waals surface area (Å²) in [6.45, 7) is 10.6. The summed E-state index contributed by atoms with van der Waals surface area (Å²) < 4.78 is 4.79. The van der Waals surface area contributed by atoms with Crippen molar-refractivity contribution in [2.75, 3.05) is 7.11 Å². The number of methoxy groups -OCH3 is 1. The van der Waals surface area contributed by atoms with E-state index in [0.717, 1.165) is 5.52 Å². The molecule has 2 aromatic rings. The van der Waals surface area contributed by atoms with Gasteiger partial charge in [0.25, 0.3) is 0 Å². The lowest BCUT2D eigenvalue weighted by Gasteiger charge is -2.16. The summed E-state index contributed by atoms with van der Waals surface area (Å²) >= 11 is 0. The molecule has 0 spiro atoms. The molecule has 23 heavy (non-hydrogen) atoms. The highest BCUT2D eigenvalue weighted by Crippen LogP contribution is 2.35. The monoisotopic (exact) mass is 317 g/mol. The minimum absolute atomic E-state index is 0.288. The van der Waals surface area contributed by atoms with Crippen LogP contribution in [-0.2, 0) is 4.74 Å². The molecule has 128 valence electrons. The van der Waals surface area contributed by atoms with Gasteiger partial charge in [-0.25, -0.2) is 4.79 Å². The number of esters is 1. The van der Waals surface area contributed by atoms with E-state index in [4.69, 9.17) is 4.74 Å². The Morgan fingerprint density at radius 2 is 1.78 bits per heavy atom. The van der Waals surface area contributed by atoms with Gasteiger partial charge in [-0.15, -0.1) is 0 Å². The molecule has 0 amide bonds. The molecule has 0 saturated heterocycles. The van der Waals surface area contributed by atoms with Crippen molar-refractivity contribution >= 4 is 16.9 Å². The minimum Gasteiger partial charge on any atom is -0.465 e. The van der Waals surface area contributed by atoms with Gasteiger partial charge in [-0.1, -0.05) is 46.6 Å². The fourth-order valence-corrected chi connectivity index (χ4v) is 3.25. The van der Waals surface area contributed by atoms with Gasteiger partial charge in [-0.2, -0.15) is 0 Å².